The average Bonchev–Trinajstić information content (AvgIpc) is 2.35. The molecule has 1 amide bonds. The molecule has 4 nitrogen and oxygen atoms in total. The number of carbonyl (C=O) groups excluding carboxylic acids is 1. The number of hydrogen-bond acceptors (Lipinski definition) is 3. The summed E-state index contributed by atoms with van der Waals surface area (Å²) in [7, 11) is 0. The van der Waals surface area contributed by atoms with E-state index in [-0.39, 0.29) is 0 Å². The van der Waals surface area contributed by atoms with Crippen LogP contribution in [0.4, 0.5) is 0 Å². The van der Waals surface area contributed by atoms with E-state index in [4.69, 9.17) is 5.73 Å². The molecule has 0 aromatic heterocycles. The third kappa shape index (κ3) is 9.10. The lowest BCUT2D eigenvalue weighted by Crippen LogP contribution is -2.41. The SMILES string of the molecule is CCCCCCCCCC(CC(C)O)(CC(C)O)C(N)=O. The number of rotatable bonds is 13. The fraction of sp³-hybridized carbons (Fsp3) is 0.941. The molecule has 0 spiro atoms. The third-order valence-corrected chi connectivity index (χ3v) is 4.15. The van der Waals surface area contributed by atoms with Crippen LogP contribution < -0.4 is 5.73 Å². The second-order valence-corrected chi connectivity index (χ2v) is 6.62. The van der Waals surface area contributed by atoms with Gasteiger partial charge in [-0.2, -0.15) is 0 Å². The van der Waals surface area contributed by atoms with Crippen molar-refractivity contribution < 1.29 is 15.0 Å². The van der Waals surface area contributed by atoms with Gasteiger partial charge in [-0.05, 0) is 33.1 Å². The van der Waals surface area contributed by atoms with Crippen LogP contribution in [0.5, 0.6) is 0 Å². The van der Waals surface area contributed by atoms with Gasteiger partial charge in [0.1, 0.15) is 0 Å². The van der Waals surface area contributed by atoms with Crippen LogP contribution in [0.2, 0.25) is 0 Å². The molecule has 0 saturated carbocycles. The van der Waals surface area contributed by atoms with Gasteiger partial charge < -0.3 is 15.9 Å². The fourth-order valence-electron chi connectivity index (χ4n) is 3.16. The molecule has 0 rings (SSSR count). The van der Waals surface area contributed by atoms with Gasteiger partial charge in [-0.25, -0.2) is 0 Å². The second-order valence-electron chi connectivity index (χ2n) is 6.62. The number of hydrogen-bond donors (Lipinski definition) is 3. The lowest BCUT2D eigenvalue weighted by Gasteiger charge is -2.33. The van der Waals surface area contributed by atoms with Gasteiger partial charge in [0.2, 0.25) is 5.91 Å². The Hall–Kier alpha value is -0.610. The van der Waals surface area contributed by atoms with Gasteiger partial charge in [0.25, 0.3) is 0 Å². The first-order valence-electron chi connectivity index (χ1n) is 8.50. The Labute approximate surface area is 130 Å². The zero-order chi connectivity index (χ0) is 16.3. The van der Waals surface area contributed by atoms with Crippen LogP contribution in [0.3, 0.4) is 0 Å². The summed E-state index contributed by atoms with van der Waals surface area (Å²) in [5.74, 6) is -0.393. The number of nitrogens with two attached hydrogens (primary N) is 1. The van der Waals surface area contributed by atoms with Crippen LogP contribution in [0.15, 0.2) is 0 Å². The zero-order valence-corrected chi connectivity index (χ0v) is 14.1. The van der Waals surface area contributed by atoms with Gasteiger partial charge in [-0.1, -0.05) is 51.9 Å². The summed E-state index contributed by atoms with van der Waals surface area (Å²) in [4.78, 5) is 11.9. The molecule has 0 saturated heterocycles. The van der Waals surface area contributed by atoms with Crippen LogP contribution in [0.1, 0.15) is 85.0 Å². The normalized spacial score (nSPS) is 17.2. The van der Waals surface area contributed by atoms with Crippen molar-refractivity contribution in [1.29, 1.82) is 0 Å². The minimum Gasteiger partial charge on any atom is -0.393 e. The van der Waals surface area contributed by atoms with Crippen LogP contribution in [0, 0.1) is 5.41 Å². The van der Waals surface area contributed by atoms with E-state index in [0.29, 0.717) is 19.3 Å². The average molecular weight is 301 g/mol. The highest BCUT2D eigenvalue weighted by Gasteiger charge is 2.38. The molecule has 0 aromatic carbocycles. The summed E-state index contributed by atoms with van der Waals surface area (Å²) in [6.07, 6.45) is 8.40. The number of carbonyl (C=O) groups is 1. The first kappa shape index (κ1) is 20.4. The summed E-state index contributed by atoms with van der Waals surface area (Å²) >= 11 is 0. The van der Waals surface area contributed by atoms with E-state index in [1.54, 1.807) is 13.8 Å². The summed E-state index contributed by atoms with van der Waals surface area (Å²) in [6, 6.07) is 0. The maximum atomic E-state index is 11.9. The summed E-state index contributed by atoms with van der Waals surface area (Å²) in [6.45, 7) is 5.54. The van der Waals surface area contributed by atoms with Gasteiger partial charge in [0, 0.05) is 0 Å². The number of primary amides is 1. The van der Waals surface area contributed by atoms with E-state index in [2.05, 4.69) is 6.92 Å². The van der Waals surface area contributed by atoms with Gasteiger partial charge >= 0.3 is 0 Å². The summed E-state index contributed by atoms with van der Waals surface area (Å²) in [5, 5.41) is 19.3. The highest BCUT2D eigenvalue weighted by atomic mass is 16.3. The molecule has 0 aliphatic carbocycles. The second kappa shape index (κ2) is 11.0. The van der Waals surface area contributed by atoms with E-state index in [9.17, 15) is 15.0 Å². The Morgan fingerprint density at radius 3 is 1.76 bits per heavy atom. The van der Waals surface area contributed by atoms with Crippen molar-refractivity contribution in [3.8, 4) is 0 Å². The number of aliphatic hydroxyl groups excluding tert-OH is 2. The Kier molecular flexibility index (Phi) is 10.7. The molecule has 0 aliphatic heterocycles. The topological polar surface area (TPSA) is 83.6 Å². The van der Waals surface area contributed by atoms with E-state index in [1.807, 2.05) is 0 Å². The molecule has 0 bridgehead atoms. The van der Waals surface area contributed by atoms with Crippen molar-refractivity contribution >= 4 is 5.91 Å². The van der Waals surface area contributed by atoms with E-state index in [1.165, 1.54) is 32.1 Å². The summed E-state index contributed by atoms with van der Waals surface area (Å²) in [5.41, 5.74) is 4.82. The monoisotopic (exact) mass is 301 g/mol. The number of amides is 1. The van der Waals surface area contributed by atoms with Crippen molar-refractivity contribution in [2.45, 2.75) is 97.2 Å². The van der Waals surface area contributed by atoms with Gasteiger partial charge in [-0.3, -0.25) is 4.79 Å². The molecule has 2 unspecified atom stereocenters. The Balaban J connectivity index is 4.35. The molecule has 2 atom stereocenters. The largest absolute Gasteiger partial charge is 0.393 e. The molecule has 126 valence electrons. The molecule has 0 aliphatic rings. The molecule has 0 heterocycles. The molecular formula is C17H35NO3. The highest BCUT2D eigenvalue weighted by Crippen LogP contribution is 2.35. The summed E-state index contributed by atoms with van der Waals surface area (Å²) < 4.78 is 0. The van der Waals surface area contributed by atoms with E-state index < -0.39 is 23.5 Å². The fourth-order valence-corrected chi connectivity index (χ4v) is 3.16. The Morgan fingerprint density at radius 2 is 1.38 bits per heavy atom. The molecule has 21 heavy (non-hydrogen) atoms. The quantitative estimate of drug-likeness (QED) is 0.457. The van der Waals surface area contributed by atoms with E-state index >= 15 is 0 Å². The maximum Gasteiger partial charge on any atom is 0.223 e. The molecule has 0 aromatic rings. The number of unbranched alkanes of at least 4 members (excludes halogenated alkanes) is 6. The highest BCUT2D eigenvalue weighted by molar-refractivity contribution is 5.80. The predicted octanol–water partition coefficient (Wildman–Crippen LogP) is 3.14. The molecular weight excluding hydrogens is 266 g/mol. The maximum absolute atomic E-state index is 11.9. The molecule has 4 N–H and O–H groups in total. The smallest absolute Gasteiger partial charge is 0.223 e. The van der Waals surface area contributed by atoms with Crippen molar-refractivity contribution in [1.82, 2.24) is 0 Å². The zero-order valence-electron chi connectivity index (χ0n) is 14.1. The van der Waals surface area contributed by atoms with Crippen molar-refractivity contribution in [2.24, 2.45) is 11.1 Å². The molecule has 0 fully saturated rings. The molecule has 4 heteroatoms. The van der Waals surface area contributed by atoms with Crippen LogP contribution in [0.25, 0.3) is 0 Å². The van der Waals surface area contributed by atoms with Gasteiger partial charge in [0.15, 0.2) is 0 Å². The van der Waals surface area contributed by atoms with Gasteiger partial charge in [0.05, 0.1) is 17.6 Å². The van der Waals surface area contributed by atoms with Crippen LogP contribution in [-0.2, 0) is 4.79 Å². The first-order chi connectivity index (χ1) is 9.84. The Morgan fingerprint density at radius 1 is 0.952 bits per heavy atom. The van der Waals surface area contributed by atoms with E-state index in [0.717, 1.165) is 12.8 Å². The standard InChI is InChI=1S/C17H35NO3/c1-4-5-6-7-8-9-10-11-17(16(18)21,12-14(2)19)13-15(3)20/h14-15,19-20H,4-13H2,1-3H3,(H2,18,21). The lowest BCUT2D eigenvalue weighted by atomic mass is 9.73. The predicted molar refractivity (Wildman–Crippen MR) is 86.8 cm³/mol. The van der Waals surface area contributed by atoms with Crippen molar-refractivity contribution in [2.75, 3.05) is 0 Å². The number of aliphatic hydroxyl groups is 2. The Bertz CT molecular complexity index is 267. The minimum atomic E-state index is -0.772. The van der Waals surface area contributed by atoms with Crippen LogP contribution >= 0.6 is 0 Å². The first-order valence-corrected chi connectivity index (χ1v) is 8.50. The lowest BCUT2D eigenvalue weighted by molar-refractivity contribution is -0.132. The van der Waals surface area contributed by atoms with Gasteiger partial charge in [-0.15, -0.1) is 0 Å². The van der Waals surface area contributed by atoms with Crippen molar-refractivity contribution in [3.05, 3.63) is 0 Å². The minimum absolute atomic E-state index is 0.336. The molecule has 0 radical (unpaired) electrons. The third-order valence-electron chi connectivity index (χ3n) is 4.15. The van der Waals surface area contributed by atoms with Crippen molar-refractivity contribution in [3.63, 3.8) is 0 Å². The van der Waals surface area contributed by atoms with Crippen LogP contribution in [-0.4, -0.2) is 28.3 Å².